The van der Waals surface area contributed by atoms with E-state index in [1.165, 1.54) is 0 Å². The Bertz CT molecular complexity index is 216. The van der Waals surface area contributed by atoms with Crippen LogP contribution in [0.3, 0.4) is 0 Å². The summed E-state index contributed by atoms with van der Waals surface area (Å²) >= 11 is 0. The van der Waals surface area contributed by atoms with Crippen LogP contribution in [0, 0.1) is 5.92 Å². The normalized spacial score (nSPS) is 12.2. The zero-order valence-corrected chi connectivity index (χ0v) is 9.82. The molecule has 0 aromatic carbocycles. The van der Waals surface area contributed by atoms with E-state index in [4.69, 9.17) is 5.11 Å². The number of hydrogen-bond donors (Lipinski definition) is 1. The van der Waals surface area contributed by atoms with Crippen LogP contribution in [0.25, 0.3) is 0 Å². The maximum atomic E-state index is 11.5. The van der Waals surface area contributed by atoms with Crippen molar-refractivity contribution in [3.63, 3.8) is 0 Å². The molecule has 1 N–H and O–H groups in total. The monoisotopic (exact) mass is 215 g/mol. The highest BCUT2D eigenvalue weighted by molar-refractivity contribution is 5.77. The molecule has 0 fully saturated rings. The van der Waals surface area contributed by atoms with Crippen molar-refractivity contribution in [1.29, 1.82) is 0 Å². The van der Waals surface area contributed by atoms with Crippen LogP contribution in [-0.2, 0) is 9.59 Å². The smallest absolute Gasteiger partial charge is 0.308 e. The van der Waals surface area contributed by atoms with Crippen LogP contribution < -0.4 is 0 Å². The molecule has 1 atom stereocenters. The Morgan fingerprint density at radius 2 is 1.93 bits per heavy atom. The van der Waals surface area contributed by atoms with Gasteiger partial charge >= 0.3 is 5.97 Å². The average Bonchev–Trinajstić information content (AvgIpc) is 2.22. The van der Waals surface area contributed by atoms with Crippen molar-refractivity contribution < 1.29 is 14.7 Å². The molecule has 0 aromatic heterocycles. The van der Waals surface area contributed by atoms with Crippen molar-refractivity contribution in [3.8, 4) is 0 Å². The van der Waals surface area contributed by atoms with Crippen molar-refractivity contribution in [2.45, 2.75) is 40.0 Å². The average molecular weight is 215 g/mol. The van der Waals surface area contributed by atoms with E-state index in [1.54, 1.807) is 18.7 Å². The van der Waals surface area contributed by atoms with Crippen LogP contribution in [0.5, 0.6) is 0 Å². The Balaban J connectivity index is 4.23. The summed E-state index contributed by atoms with van der Waals surface area (Å²) in [6, 6.07) is 0. The van der Waals surface area contributed by atoms with E-state index in [9.17, 15) is 9.59 Å². The van der Waals surface area contributed by atoms with Gasteiger partial charge in [-0.05, 0) is 6.42 Å². The number of nitrogens with zero attached hydrogens (tertiary/aromatic N) is 1. The van der Waals surface area contributed by atoms with Crippen LogP contribution in [0.1, 0.15) is 40.0 Å². The van der Waals surface area contributed by atoms with Gasteiger partial charge in [-0.3, -0.25) is 9.59 Å². The van der Waals surface area contributed by atoms with E-state index in [0.717, 1.165) is 12.8 Å². The molecular weight excluding hydrogens is 194 g/mol. The number of carboxylic acid groups (broad SMARTS) is 1. The minimum atomic E-state index is -0.847. The Morgan fingerprint density at radius 3 is 2.33 bits per heavy atom. The molecule has 88 valence electrons. The molecule has 15 heavy (non-hydrogen) atoms. The molecule has 0 aromatic rings. The highest BCUT2D eigenvalue weighted by Crippen LogP contribution is 2.04. The molecule has 0 rings (SSSR count). The Kier molecular flexibility index (Phi) is 6.75. The third kappa shape index (κ3) is 5.40. The first kappa shape index (κ1) is 13.9. The van der Waals surface area contributed by atoms with Crippen LogP contribution in [0.15, 0.2) is 0 Å². The van der Waals surface area contributed by atoms with Gasteiger partial charge in [-0.25, -0.2) is 0 Å². The Morgan fingerprint density at radius 1 is 1.33 bits per heavy atom. The molecule has 0 saturated carbocycles. The fourth-order valence-electron chi connectivity index (χ4n) is 1.30. The lowest BCUT2D eigenvalue weighted by atomic mass is 10.1. The number of carbonyl (C=O) groups excluding carboxylic acids is 1. The number of hydrogen-bond acceptors (Lipinski definition) is 2. The van der Waals surface area contributed by atoms with E-state index in [1.807, 2.05) is 0 Å². The molecule has 0 spiro atoms. The van der Waals surface area contributed by atoms with Gasteiger partial charge < -0.3 is 10.0 Å². The van der Waals surface area contributed by atoms with E-state index in [-0.39, 0.29) is 5.91 Å². The zero-order chi connectivity index (χ0) is 11.8. The highest BCUT2D eigenvalue weighted by atomic mass is 16.4. The number of unbranched alkanes of at least 4 members (excludes halogenated alkanes) is 1. The summed E-state index contributed by atoms with van der Waals surface area (Å²) < 4.78 is 0. The number of amides is 1. The van der Waals surface area contributed by atoms with E-state index < -0.39 is 11.9 Å². The van der Waals surface area contributed by atoms with Crippen LogP contribution in [-0.4, -0.2) is 35.0 Å². The number of carbonyl (C=O) groups is 2. The molecule has 0 bridgehead atoms. The van der Waals surface area contributed by atoms with Gasteiger partial charge in [0, 0.05) is 19.5 Å². The zero-order valence-electron chi connectivity index (χ0n) is 9.82. The van der Waals surface area contributed by atoms with E-state index in [2.05, 4.69) is 6.92 Å². The largest absolute Gasteiger partial charge is 0.481 e. The second kappa shape index (κ2) is 7.26. The molecule has 1 amide bonds. The highest BCUT2D eigenvalue weighted by Gasteiger charge is 2.18. The third-order valence-corrected chi connectivity index (χ3v) is 2.35. The first-order valence-electron chi connectivity index (χ1n) is 5.53. The predicted octanol–water partition coefficient (Wildman–Crippen LogP) is 1.75. The molecule has 0 aliphatic rings. The molecule has 0 radical (unpaired) electrons. The van der Waals surface area contributed by atoms with Gasteiger partial charge in [0.15, 0.2) is 0 Å². The lowest BCUT2D eigenvalue weighted by Crippen LogP contribution is -2.37. The Labute approximate surface area is 91.3 Å². The van der Waals surface area contributed by atoms with Crippen LogP contribution in [0.4, 0.5) is 0 Å². The van der Waals surface area contributed by atoms with E-state index >= 15 is 0 Å². The fraction of sp³-hybridized carbons (Fsp3) is 0.818. The number of rotatable bonds is 7. The lowest BCUT2D eigenvalue weighted by Gasteiger charge is -2.23. The van der Waals surface area contributed by atoms with Gasteiger partial charge in [-0.15, -0.1) is 0 Å². The third-order valence-electron chi connectivity index (χ3n) is 2.35. The summed E-state index contributed by atoms with van der Waals surface area (Å²) in [5, 5.41) is 8.77. The van der Waals surface area contributed by atoms with Crippen molar-refractivity contribution >= 4 is 11.9 Å². The maximum Gasteiger partial charge on any atom is 0.308 e. The fourth-order valence-corrected chi connectivity index (χ4v) is 1.30. The van der Waals surface area contributed by atoms with Crippen molar-refractivity contribution in [2.75, 3.05) is 13.1 Å². The maximum absolute atomic E-state index is 11.5. The number of carboxylic acids is 1. The second-order valence-corrected chi connectivity index (χ2v) is 3.79. The topological polar surface area (TPSA) is 57.6 Å². The van der Waals surface area contributed by atoms with Gasteiger partial charge in [-0.2, -0.15) is 0 Å². The summed E-state index contributed by atoms with van der Waals surface area (Å²) in [5.41, 5.74) is 0. The van der Waals surface area contributed by atoms with Crippen molar-refractivity contribution in [1.82, 2.24) is 4.90 Å². The van der Waals surface area contributed by atoms with Gasteiger partial charge in [-0.1, -0.05) is 27.2 Å². The molecule has 0 heterocycles. The molecule has 0 aliphatic heterocycles. The molecule has 0 saturated heterocycles. The van der Waals surface area contributed by atoms with Crippen molar-refractivity contribution in [3.05, 3.63) is 0 Å². The van der Waals surface area contributed by atoms with Crippen molar-refractivity contribution in [2.24, 2.45) is 5.92 Å². The molecule has 4 nitrogen and oxygen atoms in total. The standard InChI is InChI=1S/C11H21NO3/c1-4-6-7-12(10(13)5-2)8-9(3)11(14)15/h9H,4-8H2,1-3H3,(H,14,15). The second-order valence-electron chi connectivity index (χ2n) is 3.79. The Hall–Kier alpha value is -1.06. The quantitative estimate of drug-likeness (QED) is 0.703. The number of aliphatic carboxylic acids is 1. The van der Waals surface area contributed by atoms with E-state index in [0.29, 0.717) is 19.5 Å². The van der Waals surface area contributed by atoms with Gasteiger partial charge in [0.25, 0.3) is 0 Å². The summed E-state index contributed by atoms with van der Waals surface area (Å²) in [4.78, 5) is 23.8. The summed E-state index contributed by atoms with van der Waals surface area (Å²) in [5.74, 6) is -1.30. The van der Waals surface area contributed by atoms with Crippen LogP contribution in [0.2, 0.25) is 0 Å². The van der Waals surface area contributed by atoms with Gasteiger partial charge in [0.1, 0.15) is 0 Å². The summed E-state index contributed by atoms with van der Waals surface area (Å²) in [6.45, 7) is 6.47. The molecular formula is C11H21NO3. The predicted molar refractivity (Wildman–Crippen MR) is 58.6 cm³/mol. The summed E-state index contributed by atoms with van der Waals surface area (Å²) in [6.07, 6.45) is 2.38. The SMILES string of the molecule is CCCCN(CC(C)C(=O)O)C(=O)CC. The minimum absolute atomic E-state index is 0.0385. The molecule has 4 heteroatoms. The van der Waals surface area contributed by atoms with Gasteiger partial charge in [0.05, 0.1) is 5.92 Å². The minimum Gasteiger partial charge on any atom is -0.481 e. The van der Waals surface area contributed by atoms with Gasteiger partial charge in [0.2, 0.25) is 5.91 Å². The molecule has 0 aliphatic carbocycles. The first-order valence-corrected chi connectivity index (χ1v) is 5.53. The van der Waals surface area contributed by atoms with Crippen LogP contribution >= 0.6 is 0 Å². The molecule has 1 unspecified atom stereocenters. The lowest BCUT2D eigenvalue weighted by molar-refractivity contribution is -0.143. The summed E-state index contributed by atoms with van der Waals surface area (Å²) in [7, 11) is 0. The first-order chi connectivity index (χ1) is 7.02.